The molecular weight excluding hydrogens is 374 g/mol. The summed E-state index contributed by atoms with van der Waals surface area (Å²) in [5.41, 5.74) is 1.43. The van der Waals surface area contributed by atoms with E-state index in [1.165, 1.54) is 12.1 Å². The van der Waals surface area contributed by atoms with Crippen molar-refractivity contribution in [2.45, 2.75) is 38.0 Å². The highest BCUT2D eigenvalue weighted by molar-refractivity contribution is 5.99. The Labute approximate surface area is 169 Å². The number of aryl methyl sites for hydroxylation is 1. The van der Waals surface area contributed by atoms with Crippen LogP contribution in [0.1, 0.15) is 36.9 Å². The molecule has 1 saturated carbocycles. The van der Waals surface area contributed by atoms with Gasteiger partial charge in [-0.1, -0.05) is 25.0 Å². The molecule has 3 rings (SSSR count). The van der Waals surface area contributed by atoms with Gasteiger partial charge in [0, 0.05) is 25.3 Å². The quantitative estimate of drug-likeness (QED) is 0.412. The molecule has 0 unspecified atom stereocenters. The molecule has 1 heterocycles. The van der Waals surface area contributed by atoms with Gasteiger partial charge in [0.1, 0.15) is 6.61 Å². The molecule has 1 fully saturated rings. The van der Waals surface area contributed by atoms with E-state index in [4.69, 9.17) is 9.47 Å². The van der Waals surface area contributed by atoms with Crippen LogP contribution in [-0.4, -0.2) is 36.1 Å². The van der Waals surface area contributed by atoms with E-state index in [1.54, 1.807) is 31.4 Å². The summed E-state index contributed by atoms with van der Waals surface area (Å²) in [5.74, 6) is 0.366. The van der Waals surface area contributed by atoms with Gasteiger partial charge < -0.3 is 14.8 Å². The van der Waals surface area contributed by atoms with Crippen LogP contribution in [0.3, 0.4) is 0 Å². The van der Waals surface area contributed by atoms with Crippen LogP contribution < -0.4 is 10.1 Å². The van der Waals surface area contributed by atoms with E-state index < -0.39 is 10.3 Å². The first-order valence-corrected chi connectivity index (χ1v) is 9.62. The second-order valence-corrected chi connectivity index (χ2v) is 7.17. The summed E-state index contributed by atoms with van der Waals surface area (Å²) >= 11 is 0. The molecular formula is C21H25N3O5. The second kappa shape index (κ2) is 9.00. The van der Waals surface area contributed by atoms with Crippen molar-refractivity contribution in [3.63, 3.8) is 0 Å². The first-order valence-electron chi connectivity index (χ1n) is 9.62. The number of aromatic nitrogens is 1. The minimum absolute atomic E-state index is 0.0198. The van der Waals surface area contributed by atoms with Gasteiger partial charge in [-0.25, -0.2) is 4.98 Å². The zero-order valence-corrected chi connectivity index (χ0v) is 16.6. The van der Waals surface area contributed by atoms with E-state index in [0.29, 0.717) is 43.3 Å². The summed E-state index contributed by atoms with van der Waals surface area (Å²) in [5, 5.41) is 13.9. The highest BCUT2D eigenvalue weighted by Gasteiger charge is 2.43. The normalized spacial score (nSPS) is 15.1. The summed E-state index contributed by atoms with van der Waals surface area (Å²) in [6, 6.07) is 9.80. The Bertz CT molecular complexity index is 876. The summed E-state index contributed by atoms with van der Waals surface area (Å²) in [6.45, 7) is 2.68. The number of nitro benzene ring substituents is 1. The van der Waals surface area contributed by atoms with Crippen molar-refractivity contribution in [1.29, 1.82) is 0 Å². The van der Waals surface area contributed by atoms with Crippen LogP contribution in [0, 0.1) is 17.0 Å². The number of carbonyl (C=O) groups is 1. The van der Waals surface area contributed by atoms with Crippen LogP contribution in [0.4, 0.5) is 11.4 Å². The average Bonchev–Trinajstić information content (AvgIpc) is 3.21. The summed E-state index contributed by atoms with van der Waals surface area (Å²) < 4.78 is 10.5. The maximum absolute atomic E-state index is 13.3. The highest BCUT2D eigenvalue weighted by atomic mass is 16.6. The Hall–Kier alpha value is -3.00. The van der Waals surface area contributed by atoms with Crippen molar-refractivity contribution in [3.05, 3.63) is 57.8 Å². The number of carbonyl (C=O) groups excluding carboxylic acids is 1. The number of anilines is 1. The first-order chi connectivity index (χ1) is 14.0. The second-order valence-electron chi connectivity index (χ2n) is 7.17. The Morgan fingerprint density at radius 3 is 2.45 bits per heavy atom. The lowest BCUT2D eigenvalue weighted by Crippen LogP contribution is -2.38. The number of methoxy groups -OCH3 is 1. The van der Waals surface area contributed by atoms with Gasteiger partial charge in [0.25, 0.3) is 5.69 Å². The Balaban J connectivity index is 1.79. The van der Waals surface area contributed by atoms with E-state index in [2.05, 4.69) is 10.3 Å². The molecule has 8 nitrogen and oxygen atoms in total. The van der Waals surface area contributed by atoms with Gasteiger partial charge in [-0.15, -0.1) is 0 Å². The van der Waals surface area contributed by atoms with E-state index >= 15 is 0 Å². The summed E-state index contributed by atoms with van der Waals surface area (Å²) in [7, 11) is 1.60. The fraction of sp³-hybridized carbons (Fsp3) is 0.429. The van der Waals surface area contributed by atoms with Gasteiger partial charge in [-0.2, -0.15) is 0 Å². The molecule has 1 amide bonds. The van der Waals surface area contributed by atoms with E-state index in [0.717, 1.165) is 18.4 Å². The third-order valence-corrected chi connectivity index (χ3v) is 5.37. The third kappa shape index (κ3) is 4.54. The molecule has 0 saturated heterocycles. The van der Waals surface area contributed by atoms with Crippen molar-refractivity contribution < 1.29 is 19.2 Å². The van der Waals surface area contributed by atoms with Crippen molar-refractivity contribution in [3.8, 4) is 5.88 Å². The largest absolute Gasteiger partial charge is 0.475 e. The number of nitro groups is 1. The van der Waals surface area contributed by atoms with Gasteiger partial charge in [0.2, 0.25) is 11.8 Å². The zero-order valence-electron chi connectivity index (χ0n) is 16.6. The molecule has 0 atom stereocenters. The molecule has 1 aromatic carbocycles. The molecule has 0 bridgehead atoms. The fourth-order valence-electron chi connectivity index (χ4n) is 3.75. The Morgan fingerprint density at radius 2 is 1.86 bits per heavy atom. The predicted octanol–water partition coefficient (Wildman–Crippen LogP) is 3.77. The smallest absolute Gasteiger partial charge is 0.269 e. The van der Waals surface area contributed by atoms with E-state index in [1.807, 2.05) is 6.92 Å². The molecule has 0 aliphatic heterocycles. The van der Waals surface area contributed by atoms with E-state index in [9.17, 15) is 14.9 Å². The number of pyridine rings is 1. The monoisotopic (exact) mass is 399 g/mol. The highest BCUT2D eigenvalue weighted by Crippen LogP contribution is 2.42. The number of benzene rings is 1. The van der Waals surface area contributed by atoms with Gasteiger partial charge in [0.05, 0.1) is 28.3 Å². The molecule has 29 heavy (non-hydrogen) atoms. The van der Waals surface area contributed by atoms with E-state index in [-0.39, 0.29) is 11.6 Å². The van der Waals surface area contributed by atoms with Gasteiger partial charge >= 0.3 is 0 Å². The number of nitrogens with zero attached hydrogens (tertiary/aromatic N) is 2. The van der Waals surface area contributed by atoms with Gasteiger partial charge in [-0.3, -0.25) is 14.9 Å². The molecule has 1 aromatic heterocycles. The summed E-state index contributed by atoms with van der Waals surface area (Å²) in [4.78, 5) is 28.2. The lowest BCUT2D eigenvalue weighted by molar-refractivity contribution is -0.384. The number of hydrogen-bond donors (Lipinski definition) is 1. The standard InChI is InChI=1S/C21H25N3O5/c1-15-18(9-10-19(22-15)29-14-13-28-2)23-20(25)21(11-3-4-12-21)16-5-7-17(8-6-16)24(26)27/h5-10H,3-4,11-14H2,1-2H3,(H,23,25). The van der Waals surface area contributed by atoms with Gasteiger partial charge in [-0.05, 0) is 31.4 Å². The van der Waals surface area contributed by atoms with Crippen molar-refractivity contribution >= 4 is 17.3 Å². The Kier molecular flexibility index (Phi) is 6.43. The maximum atomic E-state index is 13.3. The zero-order chi connectivity index (χ0) is 20.9. The number of non-ortho nitro benzene ring substituents is 1. The molecule has 0 spiro atoms. The SMILES string of the molecule is COCCOc1ccc(NC(=O)C2(c3ccc([N+](=O)[O-])cc3)CCCC2)c(C)n1. The van der Waals surface area contributed by atoms with Crippen LogP contribution >= 0.6 is 0 Å². The minimum Gasteiger partial charge on any atom is -0.475 e. The van der Waals surface area contributed by atoms with Gasteiger partial charge in [0.15, 0.2) is 0 Å². The van der Waals surface area contributed by atoms with Crippen LogP contribution in [0.2, 0.25) is 0 Å². The van der Waals surface area contributed by atoms with Crippen LogP contribution in [0.15, 0.2) is 36.4 Å². The predicted molar refractivity (Wildman–Crippen MR) is 108 cm³/mol. The number of amides is 1. The summed E-state index contributed by atoms with van der Waals surface area (Å²) in [6.07, 6.45) is 3.30. The average molecular weight is 399 g/mol. The number of rotatable bonds is 8. The lowest BCUT2D eigenvalue weighted by Gasteiger charge is -2.28. The number of ether oxygens (including phenoxy) is 2. The fourth-order valence-corrected chi connectivity index (χ4v) is 3.75. The van der Waals surface area contributed by atoms with Crippen molar-refractivity contribution in [1.82, 2.24) is 4.98 Å². The number of hydrogen-bond acceptors (Lipinski definition) is 6. The van der Waals surface area contributed by atoms with Crippen molar-refractivity contribution in [2.75, 3.05) is 25.6 Å². The maximum Gasteiger partial charge on any atom is 0.269 e. The molecule has 2 aromatic rings. The first kappa shape index (κ1) is 20.7. The minimum atomic E-state index is -0.685. The molecule has 1 aliphatic rings. The lowest BCUT2D eigenvalue weighted by atomic mass is 9.78. The molecule has 8 heteroatoms. The number of nitrogens with one attached hydrogen (secondary N) is 1. The molecule has 0 radical (unpaired) electrons. The van der Waals surface area contributed by atoms with Crippen LogP contribution in [0.25, 0.3) is 0 Å². The topological polar surface area (TPSA) is 104 Å². The molecule has 154 valence electrons. The molecule has 1 N–H and O–H groups in total. The Morgan fingerprint density at radius 1 is 1.17 bits per heavy atom. The van der Waals surface area contributed by atoms with Crippen LogP contribution in [0.5, 0.6) is 5.88 Å². The third-order valence-electron chi connectivity index (χ3n) is 5.37. The van der Waals surface area contributed by atoms with Crippen molar-refractivity contribution in [2.24, 2.45) is 0 Å². The van der Waals surface area contributed by atoms with Crippen LogP contribution in [-0.2, 0) is 14.9 Å². The molecule has 1 aliphatic carbocycles.